The zero-order valence-electron chi connectivity index (χ0n) is 14.5. The molecular weight excluding hydrogens is 415 g/mol. The maximum atomic E-state index is 12.7. The molecule has 1 atom stereocenters. The third kappa shape index (κ3) is 4.68. The number of thioether (sulfide) groups is 1. The summed E-state index contributed by atoms with van der Waals surface area (Å²) in [6, 6.07) is 6.84. The SMILES string of the molecule is Cc1ccc(S(=O)(=O)N2CCN(C(=O)CSC[C@H]3CC3(Cl)Cl)CC2)cc1. The van der Waals surface area contributed by atoms with Gasteiger partial charge in [-0.15, -0.1) is 23.2 Å². The number of carbonyl (C=O) groups is 1. The van der Waals surface area contributed by atoms with Gasteiger partial charge in [-0.2, -0.15) is 16.1 Å². The van der Waals surface area contributed by atoms with Crippen molar-refractivity contribution < 1.29 is 13.2 Å². The molecule has 1 saturated carbocycles. The highest BCUT2D eigenvalue weighted by Gasteiger charge is 2.51. The van der Waals surface area contributed by atoms with Crippen molar-refractivity contribution in [3.63, 3.8) is 0 Å². The lowest BCUT2D eigenvalue weighted by atomic mass is 10.2. The Kier molecular flexibility index (Phi) is 6.14. The number of halogens is 2. The highest BCUT2D eigenvalue weighted by atomic mass is 35.5. The van der Waals surface area contributed by atoms with Crippen LogP contribution in [0.15, 0.2) is 29.2 Å². The Hall–Kier alpha value is -0.470. The van der Waals surface area contributed by atoms with Gasteiger partial charge in [-0.3, -0.25) is 4.79 Å². The Bertz CT molecular complexity index is 761. The molecule has 1 saturated heterocycles. The minimum Gasteiger partial charge on any atom is -0.339 e. The van der Waals surface area contributed by atoms with Crippen molar-refractivity contribution >= 4 is 50.9 Å². The van der Waals surface area contributed by atoms with Gasteiger partial charge in [0.2, 0.25) is 15.9 Å². The summed E-state index contributed by atoms with van der Waals surface area (Å²) in [7, 11) is -3.50. The number of amides is 1. The van der Waals surface area contributed by atoms with E-state index >= 15 is 0 Å². The molecule has 9 heteroatoms. The van der Waals surface area contributed by atoms with Crippen LogP contribution in [0.1, 0.15) is 12.0 Å². The van der Waals surface area contributed by atoms with Crippen LogP contribution in [0.2, 0.25) is 0 Å². The van der Waals surface area contributed by atoms with Crippen LogP contribution >= 0.6 is 35.0 Å². The molecule has 1 heterocycles. The third-order valence-electron chi connectivity index (χ3n) is 4.75. The van der Waals surface area contributed by atoms with E-state index in [0.717, 1.165) is 17.7 Å². The summed E-state index contributed by atoms with van der Waals surface area (Å²) in [5.41, 5.74) is 1.02. The van der Waals surface area contributed by atoms with Crippen LogP contribution in [0.5, 0.6) is 0 Å². The first kappa shape index (κ1) is 20.3. The van der Waals surface area contributed by atoms with E-state index in [0.29, 0.717) is 36.8 Å². The van der Waals surface area contributed by atoms with E-state index in [4.69, 9.17) is 23.2 Å². The number of carbonyl (C=O) groups excluding carboxylic acids is 1. The molecule has 0 N–H and O–H groups in total. The maximum absolute atomic E-state index is 12.7. The van der Waals surface area contributed by atoms with Crippen molar-refractivity contribution in [3.05, 3.63) is 29.8 Å². The first-order valence-corrected chi connectivity index (χ1v) is 11.9. The first-order valence-electron chi connectivity index (χ1n) is 8.50. The lowest BCUT2D eigenvalue weighted by molar-refractivity contribution is -0.129. The van der Waals surface area contributed by atoms with Crippen LogP contribution in [0.3, 0.4) is 0 Å². The highest BCUT2D eigenvalue weighted by molar-refractivity contribution is 7.99. The van der Waals surface area contributed by atoms with Crippen LogP contribution in [-0.4, -0.2) is 65.5 Å². The van der Waals surface area contributed by atoms with Crippen molar-refractivity contribution in [1.82, 2.24) is 9.21 Å². The second-order valence-corrected chi connectivity index (χ2v) is 11.3. The minimum atomic E-state index is -3.50. The molecule has 1 aromatic rings. The van der Waals surface area contributed by atoms with Crippen molar-refractivity contribution in [1.29, 1.82) is 0 Å². The molecule has 0 radical (unpaired) electrons. The van der Waals surface area contributed by atoms with Crippen LogP contribution in [0, 0.1) is 12.8 Å². The van der Waals surface area contributed by atoms with E-state index in [2.05, 4.69) is 0 Å². The van der Waals surface area contributed by atoms with Crippen molar-refractivity contribution in [2.45, 2.75) is 22.6 Å². The fourth-order valence-corrected chi connectivity index (χ4v) is 6.16. The number of alkyl halides is 2. The van der Waals surface area contributed by atoms with E-state index in [1.165, 1.54) is 4.31 Å². The van der Waals surface area contributed by atoms with E-state index in [-0.39, 0.29) is 11.8 Å². The molecule has 0 aromatic heterocycles. The number of sulfonamides is 1. The normalized spacial score (nSPS) is 23.0. The number of aryl methyl sites for hydroxylation is 1. The summed E-state index contributed by atoms with van der Waals surface area (Å²) < 4.78 is 26.2. The second kappa shape index (κ2) is 7.87. The molecule has 0 unspecified atom stereocenters. The molecule has 2 aliphatic rings. The summed E-state index contributed by atoms with van der Waals surface area (Å²) in [4.78, 5) is 14.3. The Labute approximate surface area is 169 Å². The molecule has 1 aliphatic heterocycles. The van der Waals surface area contributed by atoms with Crippen LogP contribution in [-0.2, 0) is 14.8 Å². The van der Waals surface area contributed by atoms with Gasteiger partial charge in [0.15, 0.2) is 0 Å². The maximum Gasteiger partial charge on any atom is 0.243 e. The number of nitrogens with zero attached hydrogens (tertiary/aromatic N) is 2. The fourth-order valence-electron chi connectivity index (χ4n) is 2.87. The van der Waals surface area contributed by atoms with Gasteiger partial charge < -0.3 is 4.90 Å². The highest BCUT2D eigenvalue weighted by Crippen LogP contribution is 2.54. The summed E-state index contributed by atoms with van der Waals surface area (Å²) >= 11 is 13.5. The van der Waals surface area contributed by atoms with Crippen LogP contribution in [0.25, 0.3) is 0 Å². The van der Waals surface area contributed by atoms with Gasteiger partial charge in [-0.1, -0.05) is 17.7 Å². The van der Waals surface area contributed by atoms with Crippen molar-refractivity contribution in [2.24, 2.45) is 5.92 Å². The number of hydrogen-bond donors (Lipinski definition) is 0. The molecule has 26 heavy (non-hydrogen) atoms. The molecule has 1 aromatic carbocycles. The molecule has 144 valence electrons. The van der Waals surface area contributed by atoms with E-state index in [9.17, 15) is 13.2 Å². The lowest BCUT2D eigenvalue weighted by Gasteiger charge is -2.34. The molecule has 1 amide bonds. The standard InChI is InChI=1S/C17H22Cl2N2O3S2/c1-13-2-4-15(5-3-13)26(23,24)21-8-6-20(7-9-21)16(22)12-25-11-14-10-17(14,18)19/h2-5,14H,6-12H2,1H3/t14-/m1/s1. The summed E-state index contributed by atoms with van der Waals surface area (Å²) in [5.74, 6) is 1.46. The zero-order valence-corrected chi connectivity index (χ0v) is 17.7. The summed E-state index contributed by atoms with van der Waals surface area (Å²) in [6.07, 6.45) is 0.785. The summed E-state index contributed by atoms with van der Waals surface area (Å²) in [5, 5.41) is 0. The van der Waals surface area contributed by atoms with Gasteiger partial charge in [-0.05, 0) is 31.2 Å². The van der Waals surface area contributed by atoms with E-state index in [1.54, 1.807) is 40.9 Å². The van der Waals surface area contributed by atoms with E-state index in [1.807, 2.05) is 6.92 Å². The predicted octanol–water partition coefficient (Wildman–Crippen LogP) is 2.75. The molecule has 0 bridgehead atoms. The molecule has 5 nitrogen and oxygen atoms in total. The van der Waals surface area contributed by atoms with Crippen molar-refractivity contribution in [2.75, 3.05) is 37.7 Å². The van der Waals surface area contributed by atoms with Gasteiger partial charge in [0, 0.05) is 32.1 Å². The Balaban J connectivity index is 1.47. The second-order valence-electron chi connectivity index (χ2n) is 6.78. The minimum absolute atomic E-state index is 0.0396. The molecule has 0 spiro atoms. The Morgan fingerprint density at radius 2 is 1.77 bits per heavy atom. The van der Waals surface area contributed by atoms with Gasteiger partial charge in [0.1, 0.15) is 4.33 Å². The number of rotatable bonds is 6. The lowest BCUT2D eigenvalue weighted by Crippen LogP contribution is -2.51. The molecular formula is C17H22Cl2N2O3S2. The molecule has 3 rings (SSSR count). The van der Waals surface area contributed by atoms with Gasteiger partial charge in [0.25, 0.3) is 0 Å². The van der Waals surface area contributed by atoms with Crippen molar-refractivity contribution in [3.8, 4) is 0 Å². The predicted molar refractivity (Wildman–Crippen MR) is 106 cm³/mol. The largest absolute Gasteiger partial charge is 0.339 e. The number of piperazine rings is 1. The number of benzene rings is 1. The molecule has 2 fully saturated rings. The van der Waals surface area contributed by atoms with Crippen LogP contribution in [0.4, 0.5) is 0 Å². The zero-order chi connectivity index (χ0) is 18.9. The number of hydrogen-bond acceptors (Lipinski definition) is 4. The van der Waals surface area contributed by atoms with Gasteiger partial charge in [-0.25, -0.2) is 8.42 Å². The topological polar surface area (TPSA) is 57.7 Å². The van der Waals surface area contributed by atoms with Gasteiger partial charge in [0.05, 0.1) is 10.6 Å². The Morgan fingerprint density at radius 1 is 1.19 bits per heavy atom. The fraction of sp³-hybridized carbons (Fsp3) is 0.588. The average Bonchev–Trinajstić information content (AvgIpc) is 3.22. The first-order chi connectivity index (χ1) is 12.2. The Morgan fingerprint density at radius 3 is 2.31 bits per heavy atom. The van der Waals surface area contributed by atoms with Gasteiger partial charge >= 0.3 is 0 Å². The third-order valence-corrected chi connectivity index (χ3v) is 8.68. The monoisotopic (exact) mass is 436 g/mol. The average molecular weight is 437 g/mol. The quantitative estimate of drug-likeness (QED) is 0.643. The smallest absolute Gasteiger partial charge is 0.243 e. The molecule has 1 aliphatic carbocycles. The van der Waals surface area contributed by atoms with E-state index < -0.39 is 14.4 Å². The van der Waals surface area contributed by atoms with Crippen LogP contribution < -0.4 is 0 Å². The summed E-state index contributed by atoms with van der Waals surface area (Å²) in [6.45, 7) is 3.40.